The minimum absolute atomic E-state index is 0.0525. The van der Waals surface area contributed by atoms with Crippen molar-refractivity contribution in [2.75, 3.05) is 13.1 Å². The lowest BCUT2D eigenvalue weighted by Crippen LogP contribution is -2.47. The minimum Gasteiger partial charge on any atom is -0.330 e. The molecular formula is C27H36N2O2S. The van der Waals surface area contributed by atoms with E-state index in [2.05, 4.69) is 49.6 Å². The number of aryl methyl sites for hydroxylation is 1. The first-order valence-electron chi connectivity index (χ1n) is 12.3. The van der Waals surface area contributed by atoms with Gasteiger partial charge in [0.2, 0.25) is 11.8 Å². The minimum atomic E-state index is -0.0525. The number of nitrogens with zero attached hydrogens (tertiary/aromatic N) is 2. The van der Waals surface area contributed by atoms with Crippen LogP contribution in [0.25, 0.3) is 0 Å². The molecule has 2 aromatic rings. The van der Waals surface area contributed by atoms with Crippen molar-refractivity contribution in [3.63, 3.8) is 0 Å². The summed E-state index contributed by atoms with van der Waals surface area (Å²) >= 11 is 1.79. The molecule has 1 aliphatic heterocycles. The molecule has 0 radical (unpaired) electrons. The number of benzene rings is 1. The maximum atomic E-state index is 13.6. The predicted octanol–water partition coefficient (Wildman–Crippen LogP) is 5.88. The number of carbonyl (C=O) groups is 2. The maximum absolute atomic E-state index is 13.6. The van der Waals surface area contributed by atoms with E-state index in [0.29, 0.717) is 13.0 Å². The van der Waals surface area contributed by atoms with E-state index >= 15 is 0 Å². The standard InChI is InChI=1S/C27H36N2O2S/c1-3-4-5-6-7-8-25(30)29(22-13-14-22)19-26(31)28-17-15-24-23(16-18-32-24)27(28)21-11-9-20(2)10-12-21/h9-12,16,18,22,27H,3-8,13-15,17,19H2,1-2H3. The summed E-state index contributed by atoms with van der Waals surface area (Å²) < 4.78 is 0. The van der Waals surface area contributed by atoms with Gasteiger partial charge in [0, 0.05) is 23.9 Å². The Bertz CT molecular complexity index is 916. The molecule has 1 atom stereocenters. The second-order valence-corrected chi connectivity index (χ2v) is 10.4. The zero-order chi connectivity index (χ0) is 22.5. The second kappa shape index (κ2) is 10.7. The summed E-state index contributed by atoms with van der Waals surface area (Å²) in [5.74, 6) is 0.246. The predicted molar refractivity (Wildman–Crippen MR) is 131 cm³/mol. The molecule has 5 heteroatoms. The Morgan fingerprint density at radius 3 is 2.53 bits per heavy atom. The lowest BCUT2D eigenvalue weighted by molar-refractivity contribution is -0.142. The van der Waals surface area contributed by atoms with Crippen LogP contribution in [-0.2, 0) is 16.0 Å². The van der Waals surface area contributed by atoms with E-state index in [0.717, 1.165) is 37.7 Å². The molecule has 0 N–H and O–H groups in total. The highest BCUT2D eigenvalue weighted by Crippen LogP contribution is 2.38. The van der Waals surface area contributed by atoms with Gasteiger partial charge in [-0.1, -0.05) is 62.4 Å². The van der Waals surface area contributed by atoms with Gasteiger partial charge in [-0.25, -0.2) is 0 Å². The third-order valence-corrected chi connectivity index (χ3v) is 7.78. The van der Waals surface area contributed by atoms with E-state index in [1.54, 1.807) is 11.3 Å². The molecule has 1 fully saturated rings. The number of rotatable bonds is 10. The van der Waals surface area contributed by atoms with Crippen LogP contribution in [0.15, 0.2) is 35.7 Å². The molecule has 0 saturated heterocycles. The Labute approximate surface area is 196 Å². The summed E-state index contributed by atoms with van der Waals surface area (Å²) in [7, 11) is 0. The molecule has 0 spiro atoms. The Morgan fingerprint density at radius 1 is 1.06 bits per heavy atom. The van der Waals surface area contributed by atoms with Crippen LogP contribution in [0.4, 0.5) is 0 Å². The number of carbonyl (C=O) groups excluding carboxylic acids is 2. The largest absolute Gasteiger partial charge is 0.330 e. The molecule has 1 aromatic carbocycles. The zero-order valence-corrected chi connectivity index (χ0v) is 20.3. The zero-order valence-electron chi connectivity index (χ0n) is 19.5. The van der Waals surface area contributed by atoms with E-state index < -0.39 is 0 Å². The summed E-state index contributed by atoms with van der Waals surface area (Å²) in [4.78, 5) is 31.8. The van der Waals surface area contributed by atoms with Crippen LogP contribution in [0.3, 0.4) is 0 Å². The summed E-state index contributed by atoms with van der Waals surface area (Å²) in [6.45, 7) is 5.23. The Kier molecular flexibility index (Phi) is 7.67. The number of hydrogen-bond acceptors (Lipinski definition) is 3. The molecular weight excluding hydrogens is 416 g/mol. The molecule has 1 aromatic heterocycles. The van der Waals surface area contributed by atoms with Gasteiger partial charge < -0.3 is 9.80 Å². The first-order chi connectivity index (χ1) is 15.6. The molecule has 1 unspecified atom stereocenters. The van der Waals surface area contributed by atoms with Crippen LogP contribution in [-0.4, -0.2) is 40.7 Å². The molecule has 32 heavy (non-hydrogen) atoms. The van der Waals surface area contributed by atoms with Crippen molar-refractivity contribution in [2.24, 2.45) is 0 Å². The third-order valence-electron chi connectivity index (χ3n) is 6.79. The monoisotopic (exact) mass is 452 g/mol. The van der Waals surface area contributed by atoms with Gasteiger partial charge in [-0.05, 0) is 55.2 Å². The number of unbranched alkanes of at least 4 members (excludes halogenated alkanes) is 4. The lowest BCUT2D eigenvalue weighted by atomic mass is 9.92. The van der Waals surface area contributed by atoms with Gasteiger partial charge in [0.1, 0.15) is 6.54 Å². The summed E-state index contributed by atoms with van der Waals surface area (Å²) in [5, 5.41) is 2.14. The Balaban J connectivity index is 1.46. The summed E-state index contributed by atoms with van der Waals surface area (Å²) in [6.07, 6.45) is 9.22. The van der Waals surface area contributed by atoms with E-state index in [-0.39, 0.29) is 30.4 Å². The summed E-state index contributed by atoms with van der Waals surface area (Å²) in [5.41, 5.74) is 3.62. The fraction of sp³-hybridized carbons (Fsp3) is 0.556. The van der Waals surface area contributed by atoms with Crippen molar-refractivity contribution in [3.8, 4) is 0 Å². The third kappa shape index (κ3) is 5.43. The van der Waals surface area contributed by atoms with Crippen LogP contribution >= 0.6 is 11.3 Å². The smallest absolute Gasteiger partial charge is 0.243 e. The molecule has 2 amide bonds. The SMILES string of the molecule is CCCCCCCC(=O)N(CC(=O)N1CCc2sccc2C1c1ccc(C)cc1)C1CC1. The van der Waals surface area contributed by atoms with E-state index in [9.17, 15) is 9.59 Å². The van der Waals surface area contributed by atoms with Gasteiger partial charge in [0.15, 0.2) is 0 Å². The molecule has 0 bridgehead atoms. The molecule has 2 heterocycles. The first-order valence-corrected chi connectivity index (χ1v) is 13.2. The van der Waals surface area contributed by atoms with Gasteiger partial charge in [-0.15, -0.1) is 11.3 Å². The fourth-order valence-corrected chi connectivity index (χ4v) is 5.66. The topological polar surface area (TPSA) is 40.6 Å². The van der Waals surface area contributed by atoms with Crippen LogP contribution in [0.5, 0.6) is 0 Å². The van der Waals surface area contributed by atoms with Crippen molar-refractivity contribution in [1.29, 1.82) is 0 Å². The van der Waals surface area contributed by atoms with E-state index in [4.69, 9.17) is 0 Å². The molecule has 172 valence electrons. The Hall–Kier alpha value is -2.14. The summed E-state index contributed by atoms with van der Waals surface area (Å²) in [6, 6.07) is 10.9. The van der Waals surface area contributed by atoms with Gasteiger partial charge in [0.25, 0.3) is 0 Å². The van der Waals surface area contributed by atoms with Crippen molar-refractivity contribution in [3.05, 3.63) is 57.3 Å². The van der Waals surface area contributed by atoms with Gasteiger partial charge in [-0.2, -0.15) is 0 Å². The van der Waals surface area contributed by atoms with E-state index in [1.807, 2.05) is 9.80 Å². The highest BCUT2D eigenvalue weighted by Gasteiger charge is 2.37. The normalized spacial score (nSPS) is 17.8. The van der Waals surface area contributed by atoms with Crippen LogP contribution in [0.1, 0.15) is 85.9 Å². The van der Waals surface area contributed by atoms with Crippen LogP contribution in [0, 0.1) is 6.92 Å². The Morgan fingerprint density at radius 2 is 1.81 bits per heavy atom. The van der Waals surface area contributed by atoms with Crippen molar-refractivity contribution in [2.45, 2.75) is 83.7 Å². The fourth-order valence-electron chi connectivity index (χ4n) is 4.76. The van der Waals surface area contributed by atoms with Crippen LogP contribution < -0.4 is 0 Å². The van der Waals surface area contributed by atoms with Gasteiger partial charge in [-0.3, -0.25) is 9.59 Å². The maximum Gasteiger partial charge on any atom is 0.243 e. The second-order valence-electron chi connectivity index (χ2n) is 9.37. The average molecular weight is 453 g/mol. The molecule has 1 saturated carbocycles. The molecule has 2 aliphatic rings. The van der Waals surface area contributed by atoms with Gasteiger partial charge in [0.05, 0.1) is 6.04 Å². The van der Waals surface area contributed by atoms with Crippen LogP contribution in [0.2, 0.25) is 0 Å². The molecule has 1 aliphatic carbocycles. The number of amides is 2. The first kappa shape index (κ1) is 23.0. The molecule has 4 nitrogen and oxygen atoms in total. The number of fused-ring (bicyclic) bond motifs is 1. The highest BCUT2D eigenvalue weighted by molar-refractivity contribution is 7.10. The van der Waals surface area contributed by atoms with Gasteiger partial charge >= 0.3 is 0 Å². The van der Waals surface area contributed by atoms with Crippen molar-refractivity contribution >= 4 is 23.2 Å². The van der Waals surface area contributed by atoms with E-state index in [1.165, 1.54) is 35.3 Å². The average Bonchev–Trinajstić information content (AvgIpc) is 3.52. The highest BCUT2D eigenvalue weighted by atomic mass is 32.1. The number of thiophene rings is 1. The molecule has 4 rings (SSSR count). The van der Waals surface area contributed by atoms with Crippen molar-refractivity contribution in [1.82, 2.24) is 9.80 Å². The number of hydrogen-bond donors (Lipinski definition) is 0. The quantitative estimate of drug-likeness (QED) is 0.422. The van der Waals surface area contributed by atoms with Crippen molar-refractivity contribution < 1.29 is 9.59 Å². The lowest BCUT2D eigenvalue weighted by Gasteiger charge is -2.37.